The average molecular weight is 386 g/mol. The lowest BCUT2D eigenvalue weighted by molar-refractivity contribution is 0.619. The first-order valence-corrected chi connectivity index (χ1v) is 15.1. The Balaban J connectivity index is 4.22. The molecule has 0 rings (SSSR count). The van der Waals surface area contributed by atoms with E-state index in [1.807, 2.05) is 0 Å². The van der Waals surface area contributed by atoms with Gasteiger partial charge in [0.05, 0.1) is 24.6 Å². The highest BCUT2D eigenvalue weighted by molar-refractivity contribution is 7.75. The summed E-state index contributed by atoms with van der Waals surface area (Å²) in [4.78, 5) is 0. The molecule has 0 atom stereocenters. The van der Waals surface area contributed by atoms with Gasteiger partial charge in [0, 0.05) is 7.26 Å². The maximum Gasteiger partial charge on any atom is 0.0594 e. The van der Waals surface area contributed by atoms with Gasteiger partial charge >= 0.3 is 0 Å². The van der Waals surface area contributed by atoms with Gasteiger partial charge in [0.25, 0.3) is 0 Å². The maximum absolute atomic E-state index is 2.54. The van der Waals surface area contributed by atoms with Crippen LogP contribution in [0, 0.1) is 0 Å². The number of rotatable bonds is 21. The number of hydrogen-bond donors (Lipinski definition) is 0. The third-order valence-corrected chi connectivity index (χ3v) is 11.5. The minimum absolute atomic E-state index is 0.637. The van der Waals surface area contributed by atoms with Crippen LogP contribution in [0.4, 0.5) is 0 Å². The molecule has 0 bridgehead atoms. The quantitative estimate of drug-likeness (QED) is 0.136. The Labute approximate surface area is 169 Å². The van der Waals surface area contributed by atoms with E-state index in [0.717, 1.165) is 0 Å². The summed E-state index contributed by atoms with van der Waals surface area (Å²) in [6, 6.07) is 0. The SMILES string of the molecule is CCCCCCCC[P+](CC)(CCCCCCC)CCCCCCCC. The van der Waals surface area contributed by atoms with E-state index in [2.05, 4.69) is 27.7 Å². The van der Waals surface area contributed by atoms with Crippen LogP contribution < -0.4 is 0 Å². The van der Waals surface area contributed by atoms with E-state index in [-0.39, 0.29) is 0 Å². The van der Waals surface area contributed by atoms with Crippen molar-refractivity contribution < 1.29 is 0 Å². The summed E-state index contributed by atoms with van der Waals surface area (Å²) in [7, 11) is -0.637. The van der Waals surface area contributed by atoms with Crippen LogP contribution in [0.15, 0.2) is 0 Å². The number of unbranched alkanes of at least 4 members (excludes halogenated alkanes) is 14. The molecule has 0 aliphatic carbocycles. The van der Waals surface area contributed by atoms with Crippen molar-refractivity contribution in [1.29, 1.82) is 0 Å². The van der Waals surface area contributed by atoms with Gasteiger partial charge in [0.2, 0.25) is 0 Å². The Hall–Kier alpha value is 0.430. The summed E-state index contributed by atoms with van der Waals surface area (Å²) in [6.45, 7) is 9.52. The molecule has 158 valence electrons. The van der Waals surface area contributed by atoms with E-state index in [0.29, 0.717) is 0 Å². The molecule has 0 amide bonds. The summed E-state index contributed by atoms with van der Waals surface area (Å²) in [5.41, 5.74) is 0. The predicted molar refractivity (Wildman–Crippen MR) is 128 cm³/mol. The fraction of sp³-hybridized carbons (Fsp3) is 1.00. The summed E-state index contributed by atoms with van der Waals surface area (Å²) < 4.78 is 0. The Morgan fingerprint density at radius 2 is 0.615 bits per heavy atom. The molecule has 1 heteroatoms. The van der Waals surface area contributed by atoms with E-state index >= 15 is 0 Å². The fourth-order valence-corrected chi connectivity index (χ4v) is 8.62. The largest absolute Gasteiger partial charge is 0.0654 e. The predicted octanol–water partition coefficient (Wildman–Crippen LogP) is 9.72. The summed E-state index contributed by atoms with van der Waals surface area (Å²) >= 11 is 0. The first-order chi connectivity index (χ1) is 12.7. The van der Waals surface area contributed by atoms with Crippen molar-refractivity contribution in [2.75, 3.05) is 24.6 Å². The Kier molecular flexibility index (Phi) is 20.5. The molecule has 0 aromatic rings. The molecule has 0 fully saturated rings. The lowest BCUT2D eigenvalue weighted by Gasteiger charge is -2.27. The van der Waals surface area contributed by atoms with Gasteiger partial charge < -0.3 is 0 Å². The molecule has 0 radical (unpaired) electrons. The fourth-order valence-electron chi connectivity index (χ4n) is 4.32. The molecule has 0 nitrogen and oxygen atoms in total. The summed E-state index contributed by atoms with van der Waals surface area (Å²) in [5.74, 6) is 0. The molecule has 0 N–H and O–H groups in total. The molecule has 0 unspecified atom stereocenters. The third kappa shape index (κ3) is 15.5. The summed E-state index contributed by atoms with van der Waals surface area (Å²) in [5, 5.41) is 0. The Bertz CT molecular complexity index is 245. The van der Waals surface area contributed by atoms with Gasteiger partial charge in [-0.3, -0.25) is 0 Å². The molecule has 0 heterocycles. The maximum atomic E-state index is 2.54. The van der Waals surface area contributed by atoms with Gasteiger partial charge in [-0.2, -0.15) is 0 Å². The van der Waals surface area contributed by atoms with Crippen LogP contribution >= 0.6 is 7.26 Å². The first kappa shape index (κ1) is 26.4. The molecule has 26 heavy (non-hydrogen) atoms. The van der Waals surface area contributed by atoms with Crippen LogP contribution in [0.3, 0.4) is 0 Å². The molecule has 0 saturated heterocycles. The molecular formula is C25H54P+. The molecule has 0 aliphatic heterocycles. The van der Waals surface area contributed by atoms with Crippen molar-refractivity contribution in [1.82, 2.24) is 0 Å². The van der Waals surface area contributed by atoms with Gasteiger partial charge in [-0.15, -0.1) is 0 Å². The van der Waals surface area contributed by atoms with Gasteiger partial charge in [0.15, 0.2) is 0 Å². The average Bonchev–Trinajstić information content (AvgIpc) is 2.66. The van der Waals surface area contributed by atoms with Crippen LogP contribution in [0.2, 0.25) is 0 Å². The highest BCUT2D eigenvalue weighted by Gasteiger charge is 2.33. The minimum atomic E-state index is -0.637. The van der Waals surface area contributed by atoms with Crippen LogP contribution in [-0.2, 0) is 0 Å². The van der Waals surface area contributed by atoms with Crippen molar-refractivity contribution in [2.45, 2.75) is 137 Å². The van der Waals surface area contributed by atoms with Gasteiger partial charge in [-0.05, 0) is 45.4 Å². The second-order valence-electron chi connectivity index (χ2n) is 8.78. The topological polar surface area (TPSA) is 0 Å². The van der Waals surface area contributed by atoms with Crippen molar-refractivity contribution in [3.8, 4) is 0 Å². The first-order valence-electron chi connectivity index (χ1n) is 12.6. The van der Waals surface area contributed by atoms with Crippen LogP contribution in [0.5, 0.6) is 0 Å². The van der Waals surface area contributed by atoms with Crippen molar-refractivity contribution in [3.63, 3.8) is 0 Å². The lowest BCUT2D eigenvalue weighted by atomic mass is 10.1. The molecule has 0 aromatic carbocycles. The molecule has 0 saturated carbocycles. The van der Waals surface area contributed by atoms with Crippen molar-refractivity contribution in [2.24, 2.45) is 0 Å². The van der Waals surface area contributed by atoms with Gasteiger partial charge in [0.1, 0.15) is 0 Å². The number of hydrogen-bond acceptors (Lipinski definition) is 0. The zero-order valence-electron chi connectivity index (χ0n) is 19.3. The minimum Gasteiger partial charge on any atom is -0.0654 e. The standard InChI is InChI=1S/C25H54P/c1-5-9-12-15-18-21-24-26(8-4,23-20-17-14-11-7-3)25-22-19-16-13-10-6-2/h5-25H2,1-4H3/q+1. The zero-order valence-corrected chi connectivity index (χ0v) is 20.2. The lowest BCUT2D eigenvalue weighted by Crippen LogP contribution is -2.11. The third-order valence-electron chi connectivity index (χ3n) is 6.38. The van der Waals surface area contributed by atoms with Crippen molar-refractivity contribution in [3.05, 3.63) is 0 Å². The van der Waals surface area contributed by atoms with Crippen LogP contribution in [0.25, 0.3) is 0 Å². The highest BCUT2D eigenvalue weighted by Crippen LogP contribution is 2.60. The van der Waals surface area contributed by atoms with Gasteiger partial charge in [-0.1, -0.05) is 91.4 Å². The normalized spacial score (nSPS) is 12.0. The zero-order chi connectivity index (χ0) is 19.3. The van der Waals surface area contributed by atoms with Crippen LogP contribution in [0.1, 0.15) is 137 Å². The van der Waals surface area contributed by atoms with E-state index < -0.39 is 7.26 Å². The van der Waals surface area contributed by atoms with E-state index in [1.165, 1.54) is 115 Å². The monoisotopic (exact) mass is 385 g/mol. The Morgan fingerprint density at radius 1 is 0.346 bits per heavy atom. The van der Waals surface area contributed by atoms with E-state index in [1.54, 1.807) is 18.5 Å². The van der Waals surface area contributed by atoms with E-state index in [4.69, 9.17) is 0 Å². The second kappa shape index (κ2) is 20.2. The smallest absolute Gasteiger partial charge is 0.0594 e. The molecule has 0 spiro atoms. The van der Waals surface area contributed by atoms with Crippen LogP contribution in [-0.4, -0.2) is 24.6 Å². The molecule has 0 aromatic heterocycles. The second-order valence-corrected chi connectivity index (χ2v) is 13.4. The van der Waals surface area contributed by atoms with Crippen molar-refractivity contribution >= 4 is 7.26 Å². The summed E-state index contributed by atoms with van der Waals surface area (Å²) in [6.07, 6.45) is 31.4. The van der Waals surface area contributed by atoms with E-state index in [9.17, 15) is 0 Å². The Morgan fingerprint density at radius 3 is 0.885 bits per heavy atom. The molecular weight excluding hydrogens is 331 g/mol. The van der Waals surface area contributed by atoms with Gasteiger partial charge in [-0.25, -0.2) is 0 Å². The highest BCUT2D eigenvalue weighted by atomic mass is 31.2. The molecule has 0 aliphatic rings.